The number of aromatic hydroxyl groups is 1. The van der Waals surface area contributed by atoms with Gasteiger partial charge >= 0.3 is 12.0 Å². The van der Waals surface area contributed by atoms with E-state index in [-0.39, 0.29) is 17.0 Å². The second-order valence-corrected chi connectivity index (χ2v) is 4.20. The van der Waals surface area contributed by atoms with Gasteiger partial charge in [0.05, 0.1) is 11.4 Å². The monoisotopic (exact) mass is 287 g/mol. The normalized spacial score (nSPS) is 9.90. The lowest BCUT2D eigenvalue weighted by molar-refractivity contribution is 0.0693. The third kappa shape index (κ3) is 3.41. The van der Waals surface area contributed by atoms with E-state index in [9.17, 15) is 14.7 Å². The van der Waals surface area contributed by atoms with E-state index >= 15 is 0 Å². The highest BCUT2D eigenvalue weighted by Crippen LogP contribution is 2.22. The van der Waals surface area contributed by atoms with Gasteiger partial charge in [0.25, 0.3) is 0 Å². The lowest BCUT2D eigenvalue weighted by Gasteiger charge is -2.10. The number of anilines is 3. The average molecular weight is 287 g/mol. The summed E-state index contributed by atoms with van der Waals surface area (Å²) in [5, 5.41) is 23.3. The van der Waals surface area contributed by atoms with E-state index in [1.54, 1.807) is 24.3 Å². The number of carbonyl (C=O) groups excluding carboxylic acids is 1. The molecule has 0 heterocycles. The van der Waals surface area contributed by atoms with Crippen LogP contribution in [0.3, 0.4) is 0 Å². The van der Waals surface area contributed by atoms with Crippen molar-refractivity contribution in [2.75, 3.05) is 16.4 Å². The van der Waals surface area contributed by atoms with Crippen LogP contribution in [0.25, 0.3) is 0 Å². The number of urea groups is 1. The quantitative estimate of drug-likeness (QED) is 0.437. The minimum absolute atomic E-state index is 0.234. The van der Waals surface area contributed by atoms with E-state index in [0.29, 0.717) is 11.4 Å². The fourth-order valence-electron chi connectivity index (χ4n) is 1.68. The average Bonchev–Trinajstić information content (AvgIpc) is 2.43. The zero-order valence-electron chi connectivity index (χ0n) is 10.8. The fourth-order valence-corrected chi connectivity index (χ4v) is 1.68. The fraction of sp³-hybridized carbons (Fsp3) is 0. The van der Waals surface area contributed by atoms with Crippen LogP contribution < -0.4 is 16.4 Å². The zero-order valence-corrected chi connectivity index (χ0v) is 10.8. The summed E-state index contributed by atoms with van der Waals surface area (Å²) in [6.07, 6.45) is 0. The van der Waals surface area contributed by atoms with Gasteiger partial charge in [0.2, 0.25) is 0 Å². The van der Waals surface area contributed by atoms with Crippen LogP contribution in [-0.2, 0) is 0 Å². The molecule has 0 saturated heterocycles. The Morgan fingerprint density at radius 1 is 1.05 bits per heavy atom. The number of carboxylic acid groups (broad SMARTS) is 1. The molecule has 0 aliphatic heterocycles. The zero-order chi connectivity index (χ0) is 15.4. The van der Waals surface area contributed by atoms with Crippen molar-refractivity contribution in [2.24, 2.45) is 0 Å². The molecular formula is C14H13N3O4. The molecule has 0 fully saturated rings. The lowest BCUT2D eigenvalue weighted by Crippen LogP contribution is -2.20. The molecule has 0 aliphatic carbocycles. The molecule has 7 heteroatoms. The molecule has 6 N–H and O–H groups in total. The highest BCUT2D eigenvalue weighted by molar-refractivity contribution is 6.02. The van der Waals surface area contributed by atoms with Gasteiger partial charge in [0.15, 0.2) is 0 Å². The second kappa shape index (κ2) is 5.83. The van der Waals surface area contributed by atoms with Crippen LogP contribution in [-0.4, -0.2) is 22.2 Å². The van der Waals surface area contributed by atoms with Crippen molar-refractivity contribution in [1.29, 1.82) is 0 Å². The van der Waals surface area contributed by atoms with Crippen molar-refractivity contribution in [3.8, 4) is 5.75 Å². The number of benzene rings is 2. The number of nitrogens with two attached hydrogens (primary N) is 1. The number of rotatable bonds is 3. The molecule has 0 radical (unpaired) electrons. The van der Waals surface area contributed by atoms with Gasteiger partial charge in [-0.05, 0) is 30.3 Å². The molecule has 0 aliphatic rings. The highest BCUT2D eigenvalue weighted by Gasteiger charge is 2.11. The summed E-state index contributed by atoms with van der Waals surface area (Å²) < 4.78 is 0. The van der Waals surface area contributed by atoms with E-state index in [1.807, 2.05) is 0 Å². The predicted octanol–water partition coefficient (Wildman–Crippen LogP) is 2.32. The molecule has 0 aromatic heterocycles. The van der Waals surface area contributed by atoms with Crippen molar-refractivity contribution < 1.29 is 19.8 Å². The molecular weight excluding hydrogens is 274 g/mol. The third-order valence-electron chi connectivity index (χ3n) is 2.69. The smallest absolute Gasteiger partial charge is 0.339 e. The summed E-state index contributed by atoms with van der Waals surface area (Å²) in [6.45, 7) is 0. The molecule has 0 unspecified atom stereocenters. The van der Waals surface area contributed by atoms with E-state index in [2.05, 4.69) is 10.6 Å². The maximum absolute atomic E-state index is 11.8. The van der Waals surface area contributed by atoms with E-state index in [4.69, 9.17) is 10.8 Å². The molecule has 108 valence electrons. The van der Waals surface area contributed by atoms with Crippen LogP contribution in [0, 0.1) is 0 Å². The SMILES string of the molecule is Nc1ccccc1NC(=O)Nc1ccc(O)c(C(=O)O)c1. The van der Waals surface area contributed by atoms with Crippen LogP contribution >= 0.6 is 0 Å². The lowest BCUT2D eigenvalue weighted by atomic mass is 10.2. The Kier molecular flexibility index (Phi) is 3.94. The van der Waals surface area contributed by atoms with Gasteiger partial charge in [-0.3, -0.25) is 0 Å². The molecule has 2 aromatic carbocycles. The molecule has 7 nitrogen and oxygen atoms in total. The Balaban J connectivity index is 2.12. The summed E-state index contributed by atoms with van der Waals surface area (Å²) >= 11 is 0. The second-order valence-electron chi connectivity index (χ2n) is 4.20. The number of para-hydroxylation sites is 2. The largest absolute Gasteiger partial charge is 0.507 e. The Labute approximate surface area is 120 Å². The number of phenols is 1. The first-order valence-corrected chi connectivity index (χ1v) is 5.96. The number of amides is 2. The Hall–Kier alpha value is -3.22. The summed E-state index contributed by atoms with van der Waals surface area (Å²) in [6, 6.07) is 9.88. The maximum atomic E-state index is 11.8. The number of carboxylic acids is 1. The molecule has 2 rings (SSSR count). The maximum Gasteiger partial charge on any atom is 0.339 e. The molecule has 2 aromatic rings. The number of nitrogens with one attached hydrogen (secondary N) is 2. The Morgan fingerprint density at radius 2 is 1.76 bits per heavy atom. The number of hydrogen-bond acceptors (Lipinski definition) is 4. The summed E-state index contributed by atoms with van der Waals surface area (Å²) in [5.74, 6) is -1.66. The summed E-state index contributed by atoms with van der Waals surface area (Å²) in [4.78, 5) is 22.7. The molecule has 0 atom stereocenters. The number of nitrogen functional groups attached to an aromatic ring is 1. The number of carbonyl (C=O) groups is 2. The minimum Gasteiger partial charge on any atom is -0.507 e. The van der Waals surface area contributed by atoms with Crippen molar-refractivity contribution in [1.82, 2.24) is 0 Å². The summed E-state index contributed by atoms with van der Waals surface area (Å²) in [5.41, 5.74) is 6.47. The van der Waals surface area contributed by atoms with Crippen LogP contribution in [0.4, 0.5) is 21.9 Å². The molecule has 0 spiro atoms. The van der Waals surface area contributed by atoms with Gasteiger partial charge in [-0.15, -0.1) is 0 Å². The van der Waals surface area contributed by atoms with Crippen molar-refractivity contribution in [3.63, 3.8) is 0 Å². The van der Waals surface area contributed by atoms with E-state index < -0.39 is 12.0 Å². The van der Waals surface area contributed by atoms with Crippen LogP contribution in [0.1, 0.15) is 10.4 Å². The standard InChI is InChI=1S/C14H13N3O4/c15-10-3-1-2-4-11(10)17-14(21)16-8-5-6-12(18)9(7-8)13(19)20/h1-7,18H,15H2,(H,19,20)(H2,16,17,21). The first kappa shape index (κ1) is 14.2. The molecule has 2 amide bonds. The van der Waals surface area contributed by atoms with E-state index in [1.165, 1.54) is 12.1 Å². The Bertz CT molecular complexity index is 700. The number of aromatic carboxylic acids is 1. The molecule has 0 bridgehead atoms. The number of hydrogen-bond donors (Lipinski definition) is 5. The van der Waals surface area contributed by atoms with Gasteiger partial charge in [-0.25, -0.2) is 9.59 Å². The minimum atomic E-state index is -1.29. The topological polar surface area (TPSA) is 125 Å². The van der Waals surface area contributed by atoms with Crippen molar-refractivity contribution >= 4 is 29.1 Å². The molecule has 0 saturated carbocycles. The predicted molar refractivity (Wildman–Crippen MR) is 78.6 cm³/mol. The highest BCUT2D eigenvalue weighted by atomic mass is 16.4. The summed E-state index contributed by atoms with van der Waals surface area (Å²) in [7, 11) is 0. The van der Waals surface area contributed by atoms with E-state index in [0.717, 1.165) is 6.07 Å². The van der Waals surface area contributed by atoms with Gasteiger partial charge in [0, 0.05) is 5.69 Å². The van der Waals surface area contributed by atoms with Gasteiger partial charge in [0.1, 0.15) is 11.3 Å². The van der Waals surface area contributed by atoms with Gasteiger partial charge < -0.3 is 26.6 Å². The van der Waals surface area contributed by atoms with Crippen LogP contribution in [0.5, 0.6) is 5.75 Å². The van der Waals surface area contributed by atoms with Crippen molar-refractivity contribution in [3.05, 3.63) is 48.0 Å². The third-order valence-corrected chi connectivity index (χ3v) is 2.69. The van der Waals surface area contributed by atoms with Crippen LogP contribution in [0.15, 0.2) is 42.5 Å². The molecule has 21 heavy (non-hydrogen) atoms. The van der Waals surface area contributed by atoms with Gasteiger partial charge in [-0.1, -0.05) is 12.1 Å². The van der Waals surface area contributed by atoms with Crippen LogP contribution in [0.2, 0.25) is 0 Å². The Morgan fingerprint density at radius 3 is 2.43 bits per heavy atom. The van der Waals surface area contributed by atoms with Crippen molar-refractivity contribution in [2.45, 2.75) is 0 Å². The first-order valence-electron chi connectivity index (χ1n) is 5.96. The first-order chi connectivity index (χ1) is 9.97. The van der Waals surface area contributed by atoms with Gasteiger partial charge in [-0.2, -0.15) is 0 Å².